The number of nitrogens with one attached hydrogen (secondary N) is 1. The number of carbonyl (C=O) groups excluding carboxylic acids is 1. The molecular weight excluding hydrogens is 474 g/mol. The van der Waals surface area contributed by atoms with Gasteiger partial charge in [-0.3, -0.25) is 9.59 Å². The third kappa shape index (κ3) is 4.49. The lowest BCUT2D eigenvalue weighted by Crippen LogP contribution is -2.28. The van der Waals surface area contributed by atoms with Crippen molar-refractivity contribution in [2.45, 2.75) is 18.3 Å². The maximum Gasteiger partial charge on any atom is 0.534 e. The van der Waals surface area contributed by atoms with Crippen molar-refractivity contribution >= 4 is 33.0 Å². The fourth-order valence-corrected chi connectivity index (χ4v) is 3.48. The minimum Gasteiger partial charge on any atom is -0.481 e. The van der Waals surface area contributed by atoms with Gasteiger partial charge in [-0.2, -0.15) is 21.6 Å². The van der Waals surface area contributed by atoms with Gasteiger partial charge in [-0.05, 0) is 43.3 Å². The maximum atomic E-state index is 13.3. The zero-order valence-corrected chi connectivity index (χ0v) is 17.7. The molecule has 2 aromatic carbocycles. The minimum atomic E-state index is -6.16. The number of hydrogen-bond acceptors (Lipinski definition) is 6. The van der Waals surface area contributed by atoms with Crippen LogP contribution in [0, 0.1) is 5.82 Å². The number of benzene rings is 2. The Morgan fingerprint density at radius 3 is 2.27 bits per heavy atom. The summed E-state index contributed by atoms with van der Waals surface area (Å²) in [5.74, 6) is -5.37. The van der Waals surface area contributed by atoms with Crippen LogP contribution in [0.25, 0.3) is 22.3 Å². The van der Waals surface area contributed by atoms with Gasteiger partial charge < -0.3 is 19.0 Å². The molecule has 33 heavy (non-hydrogen) atoms. The third-order valence-electron chi connectivity index (χ3n) is 4.70. The van der Waals surface area contributed by atoms with E-state index in [9.17, 15) is 40.7 Å². The Bertz CT molecular complexity index is 1350. The van der Waals surface area contributed by atoms with Crippen molar-refractivity contribution in [1.29, 1.82) is 0 Å². The molecule has 1 unspecified atom stereocenters. The number of carbonyl (C=O) groups is 2. The number of carboxylic acids is 1. The van der Waals surface area contributed by atoms with E-state index >= 15 is 0 Å². The summed E-state index contributed by atoms with van der Waals surface area (Å²) in [6.07, 6.45) is 0. The molecule has 8 nitrogen and oxygen atoms in total. The van der Waals surface area contributed by atoms with Crippen LogP contribution in [0.15, 0.2) is 40.8 Å². The molecule has 0 spiro atoms. The van der Waals surface area contributed by atoms with Crippen LogP contribution in [0.3, 0.4) is 0 Å². The van der Waals surface area contributed by atoms with Gasteiger partial charge in [-0.15, -0.1) is 0 Å². The normalized spacial score (nSPS) is 13.0. The molecule has 3 aromatic rings. The smallest absolute Gasteiger partial charge is 0.481 e. The van der Waals surface area contributed by atoms with Gasteiger partial charge in [0.1, 0.15) is 22.9 Å². The van der Waals surface area contributed by atoms with Crippen LogP contribution in [0.5, 0.6) is 5.75 Å². The Balaban J connectivity index is 2.35. The molecule has 1 aromatic heterocycles. The van der Waals surface area contributed by atoms with Crippen molar-refractivity contribution in [3.05, 3.63) is 53.3 Å². The van der Waals surface area contributed by atoms with E-state index in [4.69, 9.17) is 4.42 Å². The highest BCUT2D eigenvalue weighted by atomic mass is 32.2. The predicted octanol–water partition coefficient (Wildman–Crippen LogP) is 4.02. The van der Waals surface area contributed by atoms with Crippen molar-refractivity contribution in [2.75, 3.05) is 7.05 Å². The Morgan fingerprint density at radius 1 is 1.15 bits per heavy atom. The largest absolute Gasteiger partial charge is 0.534 e. The first kappa shape index (κ1) is 24.0. The van der Waals surface area contributed by atoms with Gasteiger partial charge in [0.25, 0.3) is 5.91 Å². The second-order valence-corrected chi connectivity index (χ2v) is 8.36. The fourth-order valence-electron chi connectivity index (χ4n) is 3.00. The molecular formula is C20H15F4NO7S. The zero-order valence-electron chi connectivity index (χ0n) is 16.9. The lowest BCUT2D eigenvalue weighted by molar-refractivity contribution is -0.138. The summed E-state index contributed by atoms with van der Waals surface area (Å²) in [5, 5.41) is 11.5. The van der Waals surface area contributed by atoms with Crippen LogP contribution in [0.2, 0.25) is 0 Å². The Labute approximate surface area is 183 Å². The summed E-state index contributed by atoms with van der Waals surface area (Å²) in [5.41, 5.74) is -6.34. The first-order chi connectivity index (χ1) is 15.3. The molecule has 0 saturated heterocycles. The van der Waals surface area contributed by atoms with E-state index in [1.807, 2.05) is 0 Å². The lowest BCUT2D eigenvalue weighted by atomic mass is 9.97. The molecule has 2 N–H and O–H groups in total. The van der Waals surface area contributed by atoms with Crippen molar-refractivity contribution in [2.24, 2.45) is 0 Å². The second kappa shape index (κ2) is 8.39. The molecule has 0 aliphatic rings. The highest BCUT2D eigenvalue weighted by Crippen LogP contribution is 2.41. The number of halogens is 4. The average molecular weight is 489 g/mol. The molecule has 176 valence electrons. The highest BCUT2D eigenvalue weighted by molar-refractivity contribution is 7.88. The first-order valence-electron chi connectivity index (χ1n) is 9.09. The van der Waals surface area contributed by atoms with Gasteiger partial charge in [-0.1, -0.05) is 0 Å². The molecule has 0 aliphatic heterocycles. The first-order valence-corrected chi connectivity index (χ1v) is 10.5. The van der Waals surface area contributed by atoms with Crippen molar-refractivity contribution in [3.8, 4) is 17.1 Å². The van der Waals surface area contributed by atoms with Gasteiger partial charge in [0.15, 0.2) is 0 Å². The second-order valence-electron chi connectivity index (χ2n) is 6.82. The number of furan rings is 1. The van der Waals surface area contributed by atoms with Crippen LogP contribution in [-0.4, -0.2) is 38.0 Å². The van der Waals surface area contributed by atoms with Crippen LogP contribution in [0.1, 0.15) is 28.8 Å². The summed E-state index contributed by atoms with van der Waals surface area (Å²) >= 11 is 0. The average Bonchev–Trinajstić information content (AvgIpc) is 3.09. The van der Waals surface area contributed by atoms with Crippen LogP contribution in [0.4, 0.5) is 17.6 Å². The Morgan fingerprint density at radius 2 is 1.76 bits per heavy atom. The Hall–Kier alpha value is -3.61. The number of rotatable bonds is 6. The molecule has 1 heterocycles. The zero-order chi connectivity index (χ0) is 24.7. The van der Waals surface area contributed by atoms with E-state index in [0.29, 0.717) is 0 Å². The fraction of sp³-hybridized carbons (Fsp3) is 0.200. The quantitative estimate of drug-likeness (QED) is 0.305. The number of fused-ring (bicyclic) bond motifs is 1. The molecule has 1 atom stereocenters. The summed E-state index contributed by atoms with van der Waals surface area (Å²) < 4.78 is 85.1. The topological polar surface area (TPSA) is 123 Å². The van der Waals surface area contributed by atoms with E-state index < -0.39 is 50.6 Å². The molecule has 0 aliphatic carbocycles. The summed E-state index contributed by atoms with van der Waals surface area (Å²) in [7, 11) is -4.89. The molecule has 0 bridgehead atoms. The van der Waals surface area contributed by atoms with Gasteiger partial charge in [0, 0.05) is 23.6 Å². The van der Waals surface area contributed by atoms with Crippen molar-refractivity contribution in [3.63, 3.8) is 0 Å². The van der Waals surface area contributed by atoms with E-state index in [-0.39, 0.29) is 27.9 Å². The Kier molecular flexibility index (Phi) is 6.11. The highest BCUT2D eigenvalue weighted by Gasteiger charge is 2.49. The van der Waals surface area contributed by atoms with Crippen LogP contribution >= 0.6 is 0 Å². The van der Waals surface area contributed by atoms with Gasteiger partial charge in [-0.25, -0.2) is 4.39 Å². The number of alkyl halides is 3. The summed E-state index contributed by atoms with van der Waals surface area (Å²) in [4.78, 5) is 24.0. The molecule has 0 radical (unpaired) electrons. The van der Waals surface area contributed by atoms with Crippen molar-refractivity contribution < 1.29 is 49.3 Å². The summed E-state index contributed by atoms with van der Waals surface area (Å²) in [6.45, 7) is 1.10. The minimum absolute atomic E-state index is 0.103. The van der Waals surface area contributed by atoms with Crippen LogP contribution < -0.4 is 9.50 Å². The van der Waals surface area contributed by atoms with E-state index in [0.717, 1.165) is 31.2 Å². The number of carboxylic acid groups (broad SMARTS) is 1. The molecule has 3 rings (SSSR count). The predicted molar refractivity (Wildman–Crippen MR) is 107 cm³/mol. The SMILES string of the molecule is CNC(=O)c1c(-c2ccc(F)cc2)oc2cc(C(C)C(=O)O)c(OS(=O)(=O)C(F)(F)F)cc12. The molecule has 13 heteroatoms. The van der Waals surface area contributed by atoms with Gasteiger partial charge >= 0.3 is 21.6 Å². The molecule has 1 amide bonds. The van der Waals surface area contributed by atoms with E-state index in [1.54, 1.807) is 0 Å². The number of hydrogen-bond donors (Lipinski definition) is 2. The summed E-state index contributed by atoms with van der Waals surface area (Å²) in [6, 6.07) is 6.50. The van der Waals surface area contributed by atoms with Gasteiger partial charge in [0.05, 0.1) is 11.5 Å². The van der Waals surface area contributed by atoms with E-state index in [2.05, 4.69) is 9.50 Å². The number of amides is 1. The monoisotopic (exact) mass is 489 g/mol. The van der Waals surface area contributed by atoms with Gasteiger partial charge in [0.2, 0.25) is 0 Å². The standard InChI is InChI=1S/C20H15F4NO7S/c1-9(19(27)28)12-7-14-13(8-15(12)32-33(29,30)20(22,23)24)16(18(26)25-2)17(31-14)10-3-5-11(21)6-4-10/h3-9H,1-2H3,(H,25,26)(H,27,28). The van der Waals surface area contributed by atoms with Crippen LogP contribution in [-0.2, 0) is 14.9 Å². The van der Waals surface area contributed by atoms with Crippen molar-refractivity contribution in [1.82, 2.24) is 5.32 Å². The molecule has 0 fully saturated rings. The lowest BCUT2D eigenvalue weighted by Gasteiger charge is -2.15. The third-order valence-corrected chi connectivity index (χ3v) is 5.67. The van der Waals surface area contributed by atoms with E-state index in [1.165, 1.54) is 19.2 Å². The molecule has 0 saturated carbocycles. The number of aliphatic carboxylic acids is 1. The maximum absolute atomic E-state index is 13.3.